The highest BCUT2D eigenvalue weighted by molar-refractivity contribution is 5.19. The molecule has 2 unspecified atom stereocenters. The van der Waals surface area contributed by atoms with Crippen molar-refractivity contribution in [1.29, 1.82) is 0 Å². The molecule has 0 amide bonds. The van der Waals surface area contributed by atoms with E-state index in [1.54, 1.807) is 12.3 Å². The van der Waals surface area contributed by atoms with Gasteiger partial charge in [0, 0.05) is 18.4 Å². The third kappa shape index (κ3) is 3.48. The van der Waals surface area contributed by atoms with Crippen molar-refractivity contribution in [1.82, 2.24) is 10.3 Å². The second-order valence-electron chi connectivity index (χ2n) is 4.33. The molecule has 0 fully saturated rings. The smallest absolute Gasteiger partial charge is 0.146 e. The molecule has 4 heteroatoms. The molecule has 0 aliphatic heterocycles. The lowest BCUT2D eigenvalue weighted by molar-refractivity contribution is 0.00378. The molecular formula is C13H21FN2O. The van der Waals surface area contributed by atoms with E-state index in [-0.39, 0.29) is 18.0 Å². The van der Waals surface area contributed by atoms with Crippen LogP contribution >= 0.6 is 0 Å². The van der Waals surface area contributed by atoms with Crippen molar-refractivity contribution in [3.63, 3.8) is 0 Å². The summed E-state index contributed by atoms with van der Waals surface area (Å²) in [6.45, 7) is 6.71. The van der Waals surface area contributed by atoms with E-state index in [1.165, 1.54) is 6.20 Å². The van der Waals surface area contributed by atoms with E-state index < -0.39 is 0 Å². The summed E-state index contributed by atoms with van der Waals surface area (Å²) < 4.78 is 19.4. The van der Waals surface area contributed by atoms with E-state index in [0.29, 0.717) is 18.1 Å². The van der Waals surface area contributed by atoms with Crippen molar-refractivity contribution in [2.24, 2.45) is 5.92 Å². The van der Waals surface area contributed by atoms with Crippen LogP contribution in [0.2, 0.25) is 0 Å². The third-order valence-electron chi connectivity index (χ3n) is 2.79. The Balaban J connectivity index is 3.00. The molecule has 0 saturated heterocycles. The van der Waals surface area contributed by atoms with Gasteiger partial charge in [-0.15, -0.1) is 0 Å². The first-order chi connectivity index (χ1) is 8.11. The number of halogens is 1. The summed E-state index contributed by atoms with van der Waals surface area (Å²) in [6.07, 6.45) is 2.79. The summed E-state index contributed by atoms with van der Waals surface area (Å²) in [5.41, 5.74) is 0.606. The fourth-order valence-corrected chi connectivity index (χ4v) is 2.00. The molecule has 2 atom stereocenters. The van der Waals surface area contributed by atoms with Crippen LogP contribution in [0, 0.1) is 11.7 Å². The Morgan fingerprint density at radius 2 is 2.18 bits per heavy atom. The van der Waals surface area contributed by atoms with Crippen molar-refractivity contribution in [2.75, 3.05) is 13.7 Å². The van der Waals surface area contributed by atoms with Crippen LogP contribution in [0.3, 0.4) is 0 Å². The van der Waals surface area contributed by atoms with Gasteiger partial charge in [0.25, 0.3) is 0 Å². The monoisotopic (exact) mass is 240 g/mol. The Hall–Kier alpha value is -1.00. The number of ether oxygens (including phenoxy) is 1. The molecule has 0 saturated carbocycles. The first-order valence-electron chi connectivity index (χ1n) is 6.00. The number of likely N-dealkylation sites (N-methyl/N-ethyl adjacent to an activating group) is 1. The topological polar surface area (TPSA) is 34.1 Å². The quantitative estimate of drug-likeness (QED) is 0.829. The summed E-state index contributed by atoms with van der Waals surface area (Å²) in [6, 6.07) is 1.54. The highest BCUT2D eigenvalue weighted by atomic mass is 19.1. The molecule has 1 N–H and O–H groups in total. The molecule has 0 radical (unpaired) electrons. The van der Waals surface area contributed by atoms with Crippen LogP contribution in [-0.4, -0.2) is 24.7 Å². The zero-order valence-corrected chi connectivity index (χ0v) is 10.9. The lowest BCUT2D eigenvalue weighted by Crippen LogP contribution is -2.36. The van der Waals surface area contributed by atoms with Gasteiger partial charge in [-0.2, -0.15) is 0 Å². The first-order valence-corrected chi connectivity index (χ1v) is 6.00. The lowest BCUT2D eigenvalue weighted by Gasteiger charge is -2.30. The molecule has 96 valence electrons. The van der Waals surface area contributed by atoms with Crippen molar-refractivity contribution in [3.05, 3.63) is 29.8 Å². The summed E-state index contributed by atoms with van der Waals surface area (Å²) in [5.74, 6) is 0.0113. The normalized spacial score (nSPS) is 14.9. The molecular weight excluding hydrogens is 219 g/mol. The molecule has 0 aromatic carbocycles. The van der Waals surface area contributed by atoms with Gasteiger partial charge in [-0.05, 0) is 26.0 Å². The van der Waals surface area contributed by atoms with Crippen LogP contribution in [0.5, 0.6) is 0 Å². The number of nitrogens with one attached hydrogen (secondary N) is 1. The van der Waals surface area contributed by atoms with Crippen molar-refractivity contribution >= 4 is 0 Å². The lowest BCUT2D eigenvalue weighted by atomic mass is 9.94. The number of rotatable bonds is 6. The maximum absolute atomic E-state index is 13.7. The Morgan fingerprint density at radius 1 is 1.47 bits per heavy atom. The average molecular weight is 240 g/mol. The van der Waals surface area contributed by atoms with Crippen molar-refractivity contribution in [2.45, 2.75) is 32.9 Å². The fourth-order valence-electron chi connectivity index (χ4n) is 2.00. The zero-order chi connectivity index (χ0) is 12.8. The Labute approximate surface area is 102 Å². The van der Waals surface area contributed by atoms with Gasteiger partial charge >= 0.3 is 0 Å². The van der Waals surface area contributed by atoms with Gasteiger partial charge in [-0.1, -0.05) is 13.8 Å². The Morgan fingerprint density at radius 3 is 2.65 bits per heavy atom. The average Bonchev–Trinajstić information content (AvgIpc) is 2.31. The highest BCUT2D eigenvalue weighted by Crippen LogP contribution is 2.25. The molecule has 1 aromatic rings. The molecule has 3 nitrogen and oxygen atoms in total. The van der Waals surface area contributed by atoms with E-state index in [9.17, 15) is 4.39 Å². The van der Waals surface area contributed by atoms with Gasteiger partial charge in [-0.25, -0.2) is 4.39 Å². The van der Waals surface area contributed by atoms with Gasteiger partial charge < -0.3 is 10.1 Å². The maximum Gasteiger partial charge on any atom is 0.146 e. The van der Waals surface area contributed by atoms with Crippen LogP contribution in [0.25, 0.3) is 0 Å². The van der Waals surface area contributed by atoms with E-state index >= 15 is 0 Å². The number of pyridine rings is 1. The number of nitrogens with zero attached hydrogens (tertiary/aromatic N) is 1. The minimum absolute atomic E-state index is 0.0538. The van der Waals surface area contributed by atoms with Crippen LogP contribution in [-0.2, 0) is 4.74 Å². The van der Waals surface area contributed by atoms with E-state index in [4.69, 9.17) is 4.74 Å². The predicted molar refractivity (Wildman–Crippen MR) is 66.2 cm³/mol. The second kappa shape index (κ2) is 6.67. The van der Waals surface area contributed by atoms with Crippen LogP contribution in [0.1, 0.15) is 32.4 Å². The molecule has 1 rings (SSSR count). The number of hydrogen-bond acceptors (Lipinski definition) is 3. The van der Waals surface area contributed by atoms with Gasteiger partial charge in [0.2, 0.25) is 0 Å². The van der Waals surface area contributed by atoms with Gasteiger partial charge in [0.05, 0.1) is 18.3 Å². The van der Waals surface area contributed by atoms with Crippen LogP contribution in [0.15, 0.2) is 18.5 Å². The summed E-state index contributed by atoms with van der Waals surface area (Å²) in [7, 11) is 1.82. The van der Waals surface area contributed by atoms with Crippen molar-refractivity contribution < 1.29 is 9.13 Å². The first kappa shape index (κ1) is 14.1. The molecule has 0 aliphatic rings. The number of hydrogen-bond donors (Lipinski definition) is 1. The molecule has 0 spiro atoms. The molecule has 17 heavy (non-hydrogen) atoms. The van der Waals surface area contributed by atoms with Gasteiger partial charge in [-0.3, -0.25) is 4.98 Å². The zero-order valence-electron chi connectivity index (χ0n) is 10.9. The van der Waals surface area contributed by atoms with Crippen molar-refractivity contribution in [3.8, 4) is 0 Å². The molecule has 1 heterocycles. The summed E-state index contributed by atoms with van der Waals surface area (Å²) in [4.78, 5) is 3.77. The van der Waals surface area contributed by atoms with Crippen LogP contribution in [0.4, 0.5) is 4.39 Å². The standard InChI is InChI=1S/C13H21FN2O/c1-5-17-13(9(2)3)12(15-4)10-6-7-16-8-11(10)14/h6-9,12-13,15H,5H2,1-4H3. The minimum Gasteiger partial charge on any atom is -0.376 e. The van der Waals surface area contributed by atoms with E-state index in [2.05, 4.69) is 24.1 Å². The second-order valence-corrected chi connectivity index (χ2v) is 4.33. The minimum atomic E-state index is -0.294. The largest absolute Gasteiger partial charge is 0.376 e. The fraction of sp³-hybridized carbons (Fsp3) is 0.615. The summed E-state index contributed by atoms with van der Waals surface area (Å²) >= 11 is 0. The number of aromatic nitrogens is 1. The van der Waals surface area contributed by atoms with Gasteiger partial charge in [0.1, 0.15) is 5.82 Å². The molecule has 0 aliphatic carbocycles. The van der Waals surface area contributed by atoms with Gasteiger partial charge in [0.15, 0.2) is 0 Å². The molecule has 0 bridgehead atoms. The highest BCUT2D eigenvalue weighted by Gasteiger charge is 2.27. The third-order valence-corrected chi connectivity index (χ3v) is 2.79. The van der Waals surface area contributed by atoms with E-state index in [1.807, 2.05) is 14.0 Å². The Bertz CT molecular complexity index is 344. The SMILES string of the molecule is CCOC(C(C)C)C(NC)c1ccncc1F. The Kier molecular flexibility index (Phi) is 5.51. The van der Waals surface area contributed by atoms with E-state index in [0.717, 1.165) is 0 Å². The summed E-state index contributed by atoms with van der Waals surface area (Å²) in [5, 5.41) is 3.13. The predicted octanol–water partition coefficient (Wildman–Crippen LogP) is 2.54. The molecule has 1 aromatic heterocycles. The maximum atomic E-state index is 13.7. The van der Waals surface area contributed by atoms with Crippen LogP contribution < -0.4 is 5.32 Å².